The molecule has 3 nitrogen and oxygen atoms in total. The van der Waals surface area contributed by atoms with E-state index in [1.54, 1.807) is 12.1 Å². The van der Waals surface area contributed by atoms with Crippen molar-refractivity contribution in [3.8, 4) is 0 Å². The minimum atomic E-state index is -0.742. The highest BCUT2D eigenvalue weighted by Crippen LogP contribution is 2.29. The predicted octanol–water partition coefficient (Wildman–Crippen LogP) is 4.07. The molecule has 5 heteroatoms. The van der Waals surface area contributed by atoms with Crippen LogP contribution in [0.3, 0.4) is 0 Å². The summed E-state index contributed by atoms with van der Waals surface area (Å²) in [6, 6.07) is 4.94. The second-order valence-corrected chi connectivity index (χ2v) is 6.20. The molecule has 0 saturated carbocycles. The smallest absolute Gasteiger partial charge is 0.320 e. The molecule has 1 fully saturated rings. The first-order chi connectivity index (χ1) is 9.51. The number of hydrogen-bond acceptors (Lipinski definition) is 2. The fourth-order valence-corrected chi connectivity index (χ4v) is 3.24. The number of aliphatic carboxylic acids is 1. The van der Waals surface area contributed by atoms with Crippen molar-refractivity contribution >= 4 is 29.2 Å². The number of piperidine rings is 1. The number of nitrogens with zero attached hydrogens (tertiary/aromatic N) is 1. The van der Waals surface area contributed by atoms with Gasteiger partial charge in [-0.1, -0.05) is 42.6 Å². The van der Waals surface area contributed by atoms with Gasteiger partial charge in [0.25, 0.3) is 0 Å². The Balaban J connectivity index is 2.12. The van der Waals surface area contributed by atoms with Gasteiger partial charge in [0, 0.05) is 16.6 Å². The summed E-state index contributed by atoms with van der Waals surface area (Å²) in [5.74, 6) is -0.235. The number of carboxylic acids is 1. The lowest BCUT2D eigenvalue weighted by Crippen LogP contribution is -2.46. The van der Waals surface area contributed by atoms with Crippen LogP contribution in [0.1, 0.15) is 31.7 Å². The normalized spacial score (nSPS) is 23.8. The molecule has 20 heavy (non-hydrogen) atoms. The summed E-state index contributed by atoms with van der Waals surface area (Å²) in [7, 11) is 0. The van der Waals surface area contributed by atoms with Crippen LogP contribution in [0.2, 0.25) is 10.0 Å². The van der Waals surface area contributed by atoms with Crippen LogP contribution in [0.5, 0.6) is 0 Å². The Hall–Kier alpha value is -0.770. The molecule has 0 amide bonds. The third-order valence-electron chi connectivity index (χ3n) is 4.07. The molecule has 1 aromatic rings. The average Bonchev–Trinajstić information content (AvgIpc) is 2.42. The fraction of sp³-hybridized carbons (Fsp3) is 0.533. The lowest BCUT2D eigenvalue weighted by atomic mass is 9.88. The maximum Gasteiger partial charge on any atom is 0.320 e. The zero-order valence-electron chi connectivity index (χ0n) is 11.5. The number of likely N-dealkylation sites (tertiary alicyclic amines) is 1. The molecule has 1 heterocycles. The molecule has 1 aliphatic heterocycles. The van der Waals surface area contributed by atoms with Crippen LogP contribution in [0.4, 0.5) is 0 Å². The number of carbonyl (C=O) groups is 1. The van der Waals surface area contributed by atoms with E-state index in [0.29, 0.717) is 22.5 Å². The van der Waals surface area contributed by atoms with Gasteiger partial charge in [-0.05, 0) is 43.0 Å². The Kier molecular flexibility index (Phi) is 5.30. The Labute approximate surface area is 129 Å². The van der Waals surface area contributed by atoms with Crippen molar-refractivity contribution in [2.45, 2.75) is 38.8 Å². The monoisotopic (exact) mass is 315 g/mol. The number of halogens is 2. The second kappa shape index (κ2) is 6.79. The zero-order valence-corrected chi connectivity index (χ0v) is 13.0. The van der Waals surface area contributed by atoms with E-state index in [1.807, 2.05) is 11.0 Å². The van der Waals surface area contributed by atoms with Crippen LogP contribution < -0.4 is 0 Å². The fourth-order valence-electron chi connectivity index (χ4n) is 2.77. The molecule has 0 bridgehead atoms. The third kappa shape index (κ3) is 3.66. The molecule has 0 aromatic heterocycles. The van der Waals surface area contributed by atoms with Crippen molar-refractivity contribution in [3.05, 3.63) is 33.8 Å². The largest absolute Gasteiger partial charge is 0.480 e. The third-order valence-corrected chi connectivity index (χ3v) is 4.66. The van der Waals surface area contributed by atoms with Crippen LogP contribution >= 0.6 is 23.2 Å². The molecule has 2 unspecified atom stereocenters. The highest BCUT2D eigenvalue weighted by molar-refractivity contribution is 6.35. The maximum absolute atomic E-state index is 11.5. The first kappa shape index (κ1) is 15.6. The van der Waals surface area contributed by atoms with E-state index in [0.717, 1.165) is 31.4 Å². The van der Waals surface area contributed by atoms with E-state index in [9.17, 15) is 9.90 Å². The predicted molar refractivity (Wildman–Crippen MR) is 81.3 cm³/mol. The summed E-state index contributed by atoms with van der Waals surface area (Å²) in [5.41, 5.74) is 0.928. The number of carboxylic acid groups (broad SMARTS) is 1. The van der Waals surface area contributed by atoms with Crippen LogP contribution in [0, 0.1) is 5.92 Å². The van der Waals surface area contributed by atoms with Crippen LogP contribution in [-0.4, -0.2) is 28.6 Å². The highest BCUT2D eigenvalue weighted by Gasteiger charge is 2.32. The Morgan fingerprint density at radius 1 is 1.45 bits per heavy atom. The van der Waals surface area contributed by atoms with Gasteiger partial charge in [0.1, 0.15) is 6.04 Å². The Morgan fingerprint density at radius 3 is 2.80 bits per heavy atom. The zero-order chi connectivity index (χ0) is 14.7. The van der Waals surface area contributed by atoms with Gasteiger partial charge >= 0.3 is 5.97 Å². The molecule has 0 spiro atoms. The summed E-state index contributed by atoms with van der Waals surface area (Å²) >= 11 is 12.1. The molecule has 1 aromatic carbocycles. The summed E-state index contributed by atoms with van der Waals surface area (Å²) in [6.07, 6.45) is 2.81. The van der Waals surface area contributed by atoms with Crippen molar-refractivity contribution in [2.75, 3.05) is 6.54 Å². The van der Waals surface area contributed by atoms with E-state index < -0.39 is 12.0 Å². The molecule has 110 valence electrons. The first-order valence-corrected chi connectivity index (χ1v) is 7.67. The lowest BCUT2D eigenvalue weighted by Gasteiger charge is -2.37. The van der Waals surface area contributed by atoms with Gasteiger partial charge in [0.2, 0.25) is 0 Å². The van der Waals surface area contributed by atoms with Gasteiger partial charge < -0.3 is 5.11 Å². The van der Waals surface area contributed by atoms with E-state index in [1.165, 1.54) is 0 Å². The summed E-state index contributed by atoms with van der Waals surface area (Å²) < 4.78 is 0. The summed E-state index contributed by atoms with van der Waals surface area (Å²) in [4.78, 5) is 13.5. The highest BCUT2D eigenvalue weighted by atomic mass is 35.5. The average molecular weight is 316 g/mol. The van der Waals surface area contributed by atoms with Crippen molar-refractivity contribution in [1.29, 1.82) is 0 Å². The quantitative estimate of drug-likeness (QED) is 0.910. The molecule has 1 aliphatic rings. The molecule has 1 N–H and O–H groups in total. The standard InChI is InChI=1S/C15H19Cl2NO2/c1-2-10-5-6-18(14(7-10)15(19)20)9-11-3-4-12(16)8-13(11)17/h3-4,8,10,14H,2,5-7,9H2,1H3,(H,19,20). The van der Waals surface area contributed by atoms with E-state index >= 15 is 0 Å². The van der Waals surface area contributed by atoms with E-state index in [2.05, 4.69) is 6.92 Å². The topological polar surface area (TPSA) is 40.5 Å². The van der Waals surface area contributed by atoms with Crippen LogP contribution in [0.25, 0.3) is 0 Å². The van der Waals surface area contributed by atoms with Gasteiger partial charge in [-0.3, -0.25) is 9.69 Å². The number of rotatable bonds is 4. The SMILES string of the molecule is CCC1CCN(Cc2ccc(Cl)cc2Cl)C(C(=O)O)C1. The van der Waals surface area contributed by atoms with Gasteiger partial charge in [0.05, 0.1) is 0 Å². The van der Waals surface area contributed by atoms with Crippen LogP contribution in [-0.2, 0) is 11.3 Å². The molecule has 2 rings (SSSR count). The lowest BCUT2D eigenvalue weighted by molar-refractivity contribution is -0.145. The molecular formula is C15H19Cl2NO2. The molecular weight excluding hydrogens is 297 g/mol. The summed E-state index contributed by atoms with van der Waals surface area (Å²) in [6.45, 7) is 3.48. The van der Waals surface area contributed by atoms with Crippen molar-refractivity contribution < 1.29 is 9.90 Å². The van der Waals surface area contributed by atoms with E-state index in [-0.39, 0.29) is 0 Å². The Bertz CT molecular complexity index is 493. The van der Waals surface area contributed by atoms with Gasteiger partial charge in [0.15, 0.2) is 0 Å². The van der Waals surface area contributed by atoms with Gasteiger partial charge in [-0.15, -0.1) is 0 Å². The molecule has 0 radical (unpaired) electrons. The molecule has 0 aliphatic carbocycles. The van der Waals surface area contributed by atoms with Crippen LogP contribution in [0.15, 0.2) is 18.2 Å². The molecule has 2 atom stereocenters. The van der Waals surface area contributed by atoms with Crippen molar-refractivity contribution in [3.63, 3.8) is 0 Å². The van der Waals surface area contributed by atoms with E-state index in [4.69, 9.17) is 23.2 Å². The Morgan fingerprint density at radius 2 is 2.20 bits per heavy atom. The minimum absolute atomic E-state index is 0.416. The summed E-state index contributed by atoms with van der Waals surface area (Å²) in [5, 5.41) is 10.6. The van der Waals surface area contributed by atoms with Gasteiger partial charge in [-0.2, -0.15) is 0 Å². The first-order valence-electron chi connectivity index (χ1n) is 6.92. The second-order valence-electron chi connectivity index (χ2n) is 5.36. The van der Waals surface area contributed by atoms with Crippen molar-refractivity contribution in [1.82, 2.24) is 4.90 Å². The molecule has 1 saturated heterocycles. The minimum Gasteiger partial charge on any atom is -0.480 e. The number of benzene rings is 1. The van der Waals surface area contributed by atoms with Gasteiger partial charge in [-0.25, -0.2) is 0 Å². The maximum atomic E-state index is 11.5. The number of hydrogen-bond donors (Lipinski definition) is 1. The van der Waals surface area contributed by atoms with Crippen molar-refractivity contribution in [2.24, 2.45) is 5.92 Å².